The van der Waals surface area contributed by atoms with Gasteiger partial charge in [-0.25, -0.2) is 4.79 Å². The molecule has 0 radical (unpaired) electrons. The number of hydrogen-bond acceptors (Lipinski definition) is 4. The summed E-state index contributed by atoms with van der Waals surface area (Å²) in [5, 5.41) is 5.48. The molecule has 2 aromatic carbocycles. The van der Waals surface area contributed by atoms with Crippen LogP contribution in [-0.4, -0.2) is 53.7 Å². The van der Waals surface area contributed by atoms with E-state index in [1.54, 1.807) is 19.1 Å². The Balaban J connectivity index is 1.39. The van der Waals surface area contributed by atoms with Gasteiger partial charge in [0, 0.05) is 12.7 Å². The monoisotopic (exact) mass is 448 g/mol. The van der Waals surface area contributed by atoms with E-state index in [4.69, 9.17) is 0 Å². The summed E-state index contributed by atoms with van der Waals surface area (Å²) in [5.41, 5.74) is 3.66. The molecular formula is C25H28N4O4. The quantitative estimate of drug-likeness (QED) is 0.663. The molecule has 4 rings (SSSR count). The number of likely N-dealkylation sites (N-methyl/N-ethyl adjacent to an activating group) is 1. The van der Waals surface area contributed by atoms with Gasteiger partial charge >= 0.3 is 6.03 Å². The molecule has 33 heavy (non-hydrogen) atoms. The first-order chi connectivity index (χ1) is 15.7. The number of hydrogen-bond donors (Lipinski definition) is 2. The SMILES string of the molecule is Cc1ccc(NC(=O)CN(C)C(=O)CN2C(=O)NC(C)(c3ccc4c(c3)CCC4)C2=O)cc1. The second-order valence-corrected chi connectivity index (χ2v) is 8.95. The summed E-state index contributed by atoms with van der Waals surface area (Å²) in [7, 11) is 1.47. The molecule has 8 heteroatoms. The minimum atomic E-state index is -1.23. The van der Waals surface area contributed by atoms with E-state index >= 15 is 0 Å². The Kier molecular flexibility index (Phi) is 5.93. The average molecular weight is 449 g/mol. The number of carbonyl (C=O) groups excluding carboxylic acids is 4. The molecule has 1 saturated heterocycles. The molecule has 0 bridgehead atoms. The van der Waals surface area contributed by atoms with Crippen LogP contribution in [0.1, 0.15) is 35.6 Å². The molecule has 0 saturated carbocycles. The maximum absolute atomic E-state index is 13.2. The van der Waals surface area contributed by atoms with Gasteiger partial charge in [0.2, 0.25) is 11.8 Å². The number of carbonyl (C=O) groups is 4. The lowest BCUT2D eigenvalue weighted by Crippen LogP contribution is -2.45. The average Bonchev–Trinajstić information content (AvgIpc) is 3.33. The zero-order chi connectivity index (χ0) is 23.8. The second-order valence-electron chi connectivity index (χ2n) is 8.95. The summed E-state index contributed by atoms with van der Waals surface area (Å²) in [6.45, 7) is 2.98. The summed E-state index contributed by atoms with van der Waals surface area (Å²) in [6, 6.07) is 12.6. The van der Waals surface area contributed by atoms with Gasteiger partial charge in [-0.2, -0.15) is 0 Å². The number of rotatable bonds is 6. The molecule has 1 fully saturated rings. The summed E-state index contributed by atoms with van der Waals surface area (Å²) < 4.78 is 0. The Morgan fingerprint density at radius 2 is 1.79 bits per heavy atom. The van der Waals surface area contributed by atoms with Gasteiger partial charge in [-0.15, -0.1) is 0 Å². The van der Waals surface area contributed by atoms with Gasteiger partial charge in [0.15, 0.2) is 0 Å². The van der Waals surface area contributed by atoms with E-state index in [0.717, 1.165) is 29.7 Å². The lowest BCUT2D eigenvalue weighted by Gasteiger charge is -2.24. The number of amides is 5. The molecule has 2 aromatic rings. The van der Waals surface area contributed by atoms with E-state index in [9.17, 15) is 19.2 Å². The van der Waals surface area contributed by atoms with Crippen LogP contribution in [0, 0.1) is 6.92 Å². The van der Waals surface area contributed by atoms with Crippen LogP contribution in [-0.2, 0) is 32.8 Å². The zero-order valence-corrected chi connectivity index (χ0v) is 19.1. The number of nitrogens with zero attached hydrogens (tertiary/aromatic N) is 2. The molecule has 1 aliphatic carbocycles. The molecule has 5 amide bonds. The van der Waals surface area contributed by atoms with Crippen LogP contribution in [0.5, 0.6) is 0 Å². The molecule has 2 aliphatic rings. The van der Waals surface area contributed by atoms with Crippen molar-refractivity contribution >= 4 is 29.4 Å². The van der Waals surface area contributed by atoms with E-state index in [2.05, 4.69) is 10.6 Å². The van der Waals surface area contributed by atoms with Crippen molar-refractivity contribution in [2.45, 2.75) is 38.6 Å². The molecule has 0 spiro atoms. The minimum absolute atomic E-state index is 0.196. The fraction of sp³-hybridized carbons (Fsp3) is 0.360. The van der Waals surface area contributed by atoms with Gasteiger partial charge in [-0.3, -0.25) is 19.3 Å². The third-order valence-corrected chi connectivity index (χ3v) is 6.39. The smallest absolute Gasteiger partial charge is 0.325 e. The molecule has 2 N–H and O–H groups in total. The molecule has 1 unspecified atom stereocenters. The fourth-order valence-corrected chi connectivity index (χ4v) is 4.32. The highest BCUT2D eigenvalue weighted by atomic mass is 16.2. The molecule has 8 nitrogen and oxygen atoms in total. The van der Waals surface area contributed by atoms with Crippen LogP contribution >= 0.6 is 0 Å². The van der Waals surface area contributed by atoms with Gasteiger partial charge < -0.3 is 15.5 Å². The molecule has 172 valence electrons. The first kappa shape index (κ1) is 22.5. The fourth-order valence-electron chi connectivity index (χ4n) is 4.32. The summed E-state index contributed by atoms with van der Waals surface area (Å²) in [6.07, 6.45) is 3.07. The van der Waals surface area contributed by atoms with Crippen molar-refractivity contribution in [2.24, 2.45) is 0 Å². The Hall–Kier alpha value is -3.68. The third-order valence-electron chi connectivity index (χ3n) is 6.39. The van der Waals surface area contributed by atoms with Gasteiger partial charge in [-0.1, -0.05) is 35.9 Å². The van der Waals surface area contributed by atoms with Gasteiger partial charge in [0.1, 0.15) is 12.1 Å². The highest BCUT2D eigenvalue weighted by Gasteiger charge is 2.49. The Morgan fingerprint density at radius 1 is 1.09 bits per heavy atom. The highest BCUT2D eigenvalue weighted by Crippen LogP contribution is 2.32. The molecule has 0 aromatic heterocycles. The summed E-state index contributed by atoms with van der Waals surface area (Å²) in [5.74, 6) is -1.35. The maximum Gasteiger partial charge on any atom is 0.325 e. The number of aryl methyl sites for hydroxylation is 3. The first-order valence-corrected chi connectivity index (χ1v) is 11.0. The topological polar surface area (TPSA) is 98.8 Å². The Bertz CT molecular complexity index is 1130. The van der Waals surface area contributed by atoms with E-state index in [1.807, 2.05) is 37.3 Å². The first-order valence-electron chi connectivity index (χ1n) is 11.0. The standard InChI is InChI=1S/C25H28N4O4/c1-16-7-11-20(12-8-16)26-21(30)14-28(3)22(31)15-29-23(32)25(2,27-24(29)33)19-10-9-17-5-4-6-18(17)13-19/h7-13H,4-6,14-15H2,1-3H3,(H,26,30)(H,27,33). The van der Waals surface area contributed by atoms with Gasteiger partial charge in [-0.05, 0) is 61.9 Å². The van der Waals surface area contributed by atoms with E-state index in [0.29, 0.717) is 11.3 Å². The molecule has 1 heterocycles. The summed E-state index contributed by atoms with van der Waals surface area (Å²) >= 11 is 0. The van der Waals surface area contributed by atoms with Crippen molar-refractivity contribution in [3.63, 3.8) is 0 Å². The van der Waals surface area contributed by atoms with Gasteiger partial charge in [0.25, 0.3) is 5.91 Å². The van der Waals surface area contributed by atoms with Crippen LogP contribution in [0.2, 0.25) is 0 Å². The Labute approximate surface area is 192 Å². The Morgan fingerprint density at radius 3 is 2.52 bits per heavy atom. The number of urea groups is 1. The largest absolute Gasteiger partial charge is 0.335 e. The lowest BCUT2D eigenvalue weighted by molar-refractivity contribution is -0.139. The minimum Gasteiger partial charge on any atom is -0.335 e. The van der Waals surface area contributed by atoms with E-state index in [1.165, 1.54) is 23.1 Å². The number of anilines is 1. The number of fused-ring (bicyclic) bond motifs is 1. The number of imide groups is 1. The van der Waals surface area contributed by atoms with Crippen LogP contribution < -0.4 is 10.6 Å². The summed E-state index contributed by atoms with van der Waals surface area (Å²) in [4.78, 5) is 52.9. The van der Waals surface area contributed by atoms with Crippen molar-refractivity contribution in [1.82, 2.24) is 15.1 Å². The zero-order valence-electron chi connectivity index (χ0n) is 19.1. The van der Waals surface area contributed by atoms with Crippen LogP contribution in [0.15, 0.2) is 42.5 Å². The second kappa shape index (κ2) is 8.69. The molecule has 1 atom stereocenters. The van der Waals surface area contributed by atoms with Crippen molar-refractivity contribution in [3.8, 4) is 0 Å². The normalized spacial score (nSPS) is 19.3. The van der Waals surface area contributed by atoms with Crippen LogP contribution in [0.3, 0.4) is 0 Å². The van der Waals surface area contributed by atoms with E-state index in [-0.39, 0.29) is 12.5 Å². The molecule has 1 aliphatic heterocycles. The predicted octanol–water partition coefficient (Wildman–Crippen LogP) is 2.35. The van der Waals surface area contributed by atoms with Gasteiger partial charge in [0.05, 0.1) is 6.54 Å². The van der Waals surface area contributed by atoms with Crippen LogP contribution in [0.25, 0.3) is 0 Å². The number of nitrogens with one attached hydrogen (secondary N) is 2. The maximum atomic E-state index is 13.2. The third kappa shape index (κ3) is 4.46. The van der Waals surface area contributed by atoms with Crippen molar-refractivity contribution in [2.75, 3.05) is 25.5 Å². The van der Waals surface area contributed by atoms with Crippen molar-refractivity contribution in [3.05, 3.63) is 64.7 Å². The van der Waals surface area contributed by atoms with Crippen molar-refractivity contribution in [1.29, 1.82) is 0 Å². The lowest BCUT2D eigenvalue weighted by atomic mass is 9.89. The van der Waals surface area contributed by atoms with Crippen LogP contribution in [0.4, 0.5) is 10.5 Å². The highest BCUT2D eigenvalue weighted by molar-refractivity contribution is 6.09. The van der Waals surface area contributed by atoms with Crippen molar-refractivity contribution < 1.29 is 19.2 Å². The molecular weight excluding hydrogens is 420 g/mol. The van der Waals surface area contributed by atoms with E-state index < -0.39 is 29.9 Å². The predicted molar refractivity (Wildman–Crippen MR) is 124 cm³/mol. The number of benzene rings is 2.